The molecule has 0 bridgehead atoms. The van der Waals surface area contributed by atoms with Crippen molar-refractivity contribution in [2.24, 2.45) is 23.7 Å². The molecule has 4 rings (SSSR count). The van der Waals surface area contributed by atoms with E-state index in [-0.39, 0.29) is 68.3 Å². The quantitative estimate of drug-likeness (QED) is 0.175. The number of fused-ring (bicyclic) bond motifs is 1. The number of cyclic esters (lactones) is 1. The van der Waals surface area contributed by atoms with Crippen molar-refractivity contribution in [3.8, 4) is 0 Å². The van der Waals surface area contributed by atoms with E-state index in [1.165, 1.54) is 0 Å². The fourth-order valence-corrected chi connectivity index (χ4v) is 10.4. The van der Waals surface area contributed by atoms with Gasteiger partial charge in [0.05, 0.1) is 54.6 Å². The lowest BCUT2D eigenvalue weighted by Gasteiger charge is -2.49. The van der Waals surface area contributed by atoms with Gasteiger partial charge in [-0.3, -0.25) is 9.59 Å². The maximum absolute atomic E-state index is 14.6. The van der Waals surface area contributed by atoms with Gasteiger partial charge < -0.3 is 62.7 Å². The van der Waals surface area contributed by atoms with Gasteiger partial charge >= 0.3 is 11.9 Å². The van der Waals surface area contributed by atoms with Gasteiger partial charge in [-0.15, -0.1) is 0 Å². The predicted octanol–water partition coefficient (Wildman–Crippen LogP) is 3.72. The zero-order valence-electron chi connectivity index (χ0n) is 37.7. The summed E-state index contributed by atoms with van der Waals surface area (Å²) in [6, 6.07) is -0.402. The fraction of sp³-hybridized carbons (Fsp3) is 0.930. The summed E-state index contributed by atoms with van der Waals surface area (Å²) in [5.41, 5.74) is -3.51. The number of rotatable bonds is 11. The lowest BCUT2D eigenvalue weighted by Crippen LogP contribution is -2.61. The average molecular weight is 829 g/mol. The number of hydrogen-bond donors (Lipinski definition) is 2. The second kappa shape index (κ2) is 19.9. The Morgan fingerprint density at radius 1 is 1.00 bits per heavy atom. The van der Waals surface area contributed by atoms with Gasteiger partial charge in [0, 0.05) is 50.4 Å². The van der Waals surface area contributed by atoms with Crippen LogP contribution >= 0.6 is 0 Å². The molecule has 2 N–H and O–H groups in total. The number of nitrogens with zero attached hydrogens (tertiary/aromatic N) is 2. The molecule has 0 aliphatic carbocycles. The summed E-state index contributed by atoms with van der Waals surface area (Å²) in [6.45, 7) is 19.7. The number of likely N-dealkylation sites (N-methyl/N-ethyl adjacent to an activating group) is 1. The van der Waals surface area contributed by atoms with Gasteiger partial charge in [-0.2, -0.15) is 0 Å². The van der Waals surface area contributed by atoms with E-state index >= 15 is 0 Å². The molecule has 0 aromatic carbocycles. The van der Waals surface area contributed by atoms with Crippen LogP contribution in [-0.4, -0.2) is 164 Å². The van der Waals surface area contributed by atoms with Crippen molar-refractivity contribution in [1.29, 1.82) is 0 Å². The van der Waals surface area contributed by atoms with E-state index in [4.69, 9.17) is 37.9 Å². The van der Waals surface area contributed by atoms with Crippen molar-refractivity contribution in [3.05, 3.63) is 0 Å². The molecule has 0 saturated carbocycles. The third kappa shape index (κ3) is 10.8. The van der Waals surface area contributed by atoms with Gasteiger partial charge in [0.2, 0.25) is 0 Å². The predicted molar refractivity (Wildman–Crippen MR) is 215 cm³/mol. The van der Waals surface area contributed by atoms with Crippen LogP contribution in [0.4, 0.5) is 0 Å². The van der Waals surface area contributed by atoms with Gasteiger partial charge in [-0.05, 0) is 94.8 Å². The van der Waals surface area contributed by atoms with Crippen LogP contribution in [0.1, 0.15) is 108 Å². The number of methoxy groups -OCH3 is 1. The summed E-state index contributed by atoms with van der Waals surface area (Å²) in [6.07, 6.45) is -4.39. The normalized spacial score (nSPS) is 46.5. The highest BCUT2D eigenvalue weighted by atomic mass is 16.7. The van der Waals surface area contributed by atoms with Crippen LogP contribution in [0, 0.1) is 23.7 Å². The van der Waals surface area contributed by atoms with E-state index in [9.17, 15) is 24.6 Å². The third-order valence-electron chi connectivity index (χ3n) is 13.7. The first-order valence-corrected chi connectivity index (χ1v) is 21.4. The fourth-order valence-electron chi connectivity index (χ4n) is 10.4. The minimum absolute atomic E-state index is 0.0708. The number of ether oxygens (including phenoxy) is 8. The summed E-state index contributed by atoms with van der Waals surface area (Å²) < 4.78 is 51.1. The Labute approximate surface area is 347 Å². The first-order valence-electron chi connectivity index (χ1n) is 21.4. The molecular weight excluding hydrogens is 752 g/mol. The highest BCUT2D eigenvalue weighted by Gasteiger charge is 2.56. The van der Waals surface area contributed by atoms with Crippen LogP contribution in [0.15, 0.2) is 0 Å². The zero-order chi connectivity index (χ0) is 43.5. The SMILES string of the molecule is CC[C@H]1OC(=O)[C@H](C)[C@@H](O[C@H]2C[C@@](C)(OC)[C@@H](OCCC=O)[C@H](C)O2)[C@H](C)[C@@H](O[C@@H]2O[C@H](C)C[C@H](N(C)C)[C@H]2O)[C@](C)(O)C[C@@H](C)CN(C)[C@H](C)[C@H]2CC(=O)O[C@@]21C. The van der Waals surface area contributed by atoms with Crippen molar-refractivity contribution >= 4 is 18.2 Å². The standard InChI is InChI=1S/C43H76N2O13/c1-15-32-43(10)30(20-33(47)58-43)28(6)45(13)23-24(2)21-41(8,50)37(57-40-35(48)31(44(11)12)19-25(3)53-40)26(4)36(27(5)39(49)55-32)56-34-22-42(9,51-14)38(29(7)54-34)52-18-16-17-46/h17,24-32,34-38,40,48,50H,15-16,18-23H2,1-14H3/t24-,25-,26+,27-,28-,29+,30-,31+,32-,34+,35-,36+,37-,38+,40+,41-,42-,43+/m1/s1. The van der Waals surface area contributed by atoms with E-state index in [1.807, 2.05) is 67.6 Å². The van der Waals surface area contributed by atoms with Crippen molar-refractivity contribution in [1.82, 2.24) is 9.80 Å². The number of carbonyl (C=O) groups is 3. The third-order valence-corrected chi connectivity index (χ3v) is 13.7. The molecule has 4 heterocycles. The first kappa shape index (κ1) is 48.9. The van der Waals surface area contributed by atoms with E-state index in [0.29, 0.717) is 19.4 Å². The summed E-state index contributed by atoms with van der Waals surface area (Å²) in [7, 11) is 7.39. The Morgan fingerprint density at radius 2 is 1.67 bits per heavy atom. The molecule has 0 spiro atoms. The van der Waals surface area contributed by atoms with Crippen molar-refractivity contribution in [3.63, 3.8) is 0 Å². The zero-order valence-corrected chi connectivity index (χ0v) is 37.7. The van der Waals surface area contributed by atoms with Crippen LogP contribution in [0.25, 0.3) is 0 Å². The van der Waals surface area contributed by atoms with Gasteiger partial charge in [0.25, 0.3) is 0 Å². The first-order chi connectivity index (χ1) is 27.0. The Hall–Kier alpha value is -1.79. The molecule has 0 aromatic rings. The van der Waals surface area contributed by atoms with Crippen LogP contribution in [0.5, 0.6) is 0 Å². The molecule has 0 aromatic heterocycles. The van der Waals surface area contributed by atoms with Crippen molar-refractivity contribution in [2.45, 2.75) is 192 Å². The minimum Gasteiger partial charge on any atom is -0.458 e. The molecule has 15 nitrogen and oxygen atoms in total. The average Bonchev–Trinajstić information content (AvgIpc) is 3.46. The maximum Gasteiger partial charge on any atom is 0.311 e. The Morgan fingerprint density at radius 3 is 2.28 bits per heavy atom. The van der Waals surface area contributed by atoms with E-state index < -0.39 is 83.8 Å². The molecule has 4 saturated heterocycles. The van der Waals surface area contributed by atoms with Gasteiger partial charge in [0.1, 0.15) is 24.6 Å². The number of esters is 2. The van der Waals surface area contributed by atoms with Crippen molar-refractivity contribution < 1.29 is 62.5 Å². The molecule has 4 aliphatic rings. The molecule has 0 radical (unpaired) electrons. The molecule has 58 heavy (non-hydrogen) atoms. The van der Waals surface area contributed by atoms with Crippen LogP contribution in [0.2, 0.25) is 0 Å². The van der Waals surface area contributed by atoms with Crippen molar-refractivity contribution in [2.75, 3.05) is 41.4 Å². The highest BCUT2D eigenvalue weighted by Crippen LogP contribution is 2.44. The summed E-state index contributed by atoms with van der Waals surface area (Å²) in [4.78, 5) is 42.8. The number of aliphatic hydroxyl groups excluding tert-OH is 1. The largest absolute Gasteiger partial charge is 0.458 e. The van der Waals surface area contributed by atoms with Crippen LogP contribution in [0.3, 0.4) is 0 Å². The number of hydrogen-bond acceptors (Lipinski definition) is 15. The minimum atomic E-state index is -1.53. The Kier molecular flexibility index (Phi) is 16.8. The van der Waals surface area contributed by atoms with E-state index in [0.717, 1.165) is 6.29 Å². The van der Waals surface area contributed by atoms with Gasteiger partial charge in [-0.25, -0.2) is 0 Å². The summed E-state index contributed by atoms with van der Waals surface area (Å²) in [5, 5.41) is 24.4. The molecule has 0 unspecified atom stereocenters. The summed E-state index contributed by atoms with van der Waals surface area (Å²) in [5.74, 6) is -2.93. The number of aldehydes is 1. The molecule has 4 aliphatic heterocycles. The van der Waals surface area contributed by atoms with Crippen LogP contribution in [-0.2, 0) is 52.3 Å². The molecule has 15 heteroatoms. The van der Waals surface area contributed by atoms with Gasteiger partial charge in [-0.1, -0.05) is 20.8 Å². The monoisotopic (exact) mass is 829 g/mol. The maximum atomic E-state index is 14.6. The molecule has 336 valence electrons. The topological polar surface area (TPSA) is 172 Å². The summed E-state index contributed by atoms with van der Waals surface area (Å²) >= 11 is 0. The Bertz CT molecular complexity index is 1370. The smallest absolute Gasteiger partial charge is 0.311 e. The molecule has 4 fully saturated rings. The second-order valence-corrected chi connectivity index (χ2v) is 18.8. The lowest BCUT2D eigenvalue weighted by atomic mass is 9.77. The lowest BCUT2D eigenvalue weighted by molar-refractivity contribution is -0.320. The van der Waals surface area contributed by atoms with E-state index in [1.54, 1.807) is 21.0 Å². The van der Waals surface area contributed by atoms with E-state index in [2.05, 4.69) is 18.7 Å². The van der Waals surface area contributed by atoms with Crippen LogP contribution < -0.4 is 0 Å². The van der Waals surface area contributed by atoms with Gasteiger partial charge in [0.15, 0.2) is 18.2 Å². The number of aliphatic hydroxyl groups is 2. The highest BCUT2D eigenvalue weighted by molar-refractivity contribution is 5.75. The molecule has 18 atom stereocenters. The Balaban J connectivity index is 1.82. The second-order valence-electron chi connectivity index (χ2n) is 18.8. The molecule has 0 amide bonds. The number of carbonyl (C=O) groups excluding carboxylic acids is 3. The molecular formula is C43H76N2O13.